The molecule has 0 aromatic heterocycles. The van der Waals surface area contributed by atoms with E-state index in [4.69, 9.17) is 4.74 Å². The van der Waals surface area contributed by atoms with E-state index in [1.54, 1.807) is 36.4 Å². The zero-order chi connectivity index (χ0) is 16.8. The van der Waals surface area contributed by atoms with Gasteiger partial charge >= 0.3 is 0 Å². The summed E-state index contributed by atoms with van der Waals surface area (Å²) in [7, 11) is 0. The van der Waals surface area contributed by atoms with Gasteiger partial charge in [-0.05, 0) is 29.8 Å². The van der Waals surface area contributed by atoms with Gasteiger partial charge in [0.2, 0.25) is 0 Å². The van der Waals surface area contributed by atoms with Crippen LogP contribution in [0, 0.1) is 0 Å². The lowest BCUT2D eigenvalue weighted by Crippen LogP contribution is -2.04. The van der Waals surface area contributed by atoms with Crippen molar-refractivity contribution in [3.05, 3.63) is 95.6 Å². The molecule has 0 aliphatic carbocycles. The van der Waals surface area contributed by atoms with E-state index in [-0.39, 0.29) is 11.5 Å². The van der Waals surface area contributed by atoms with Crippen molar-refractivity contribution in [2.45, 2.75) is 6.42 Å². The van der Waals surface area contributed by atoms with Crippen LogP contribution in [-0.2, 0) is 6.42 Å². The van der Waals surface area contributed by atoms with Crippen molar-refractivity contribution in [3.63, 3.8) is 0 Å². The second-order valence-electron chi connectivity index (χ2n) is 5.49. The average molecular weight is 318 g/mol. The largest absolute Gasteiger partial charge is 0.508 e. The van der Waals surface area contributed by atoms with Gasteiger partial charge in [-0.15, -0.1) is 0 Å². The van der Waals surface area contributed by atoms with Gasteiger partial charge in [-0.1, -0.05) is 54.6 Å². The fourth-order valence-corrected chi connectivity index (χ4v) is 2.48. The summed E-state index contributed by atoms with van der Waals surface area (Å²) in [5, 5.41) is 9.46. The molecule has 3 aromatic carbocycles. The minimum Gasteiger partial charge on any atom is -0.508 e. The minimum atomic E-state index is -0.0194. The smallest absolute Gasteiger partial charge is 0.193 e. The number of carbonyl (C=O) groups excluding carboxylic acids is 1. The van der Waals surface area contributed by atoms with Crippen LogP contribution in [0.2, 0.25) is 0 Å². The topological polar surface area (TPSA) is 46.5 Å². The molecule has 1 N–H and O–H groups in total. The summed E-state index contributed by atoms with van der Waals surface area (Å²) in [6, 6.07) is 23.5. The summed E-state index contributed by atoms with van der Waals surface area (Å²) < 4.78 is 5.74. The summed E-state index contributed by atoms with van der Waals surface area (Å²) in [4.78, 5) is 12.4. The fourth-order valence-electron chi connectivity index (χ4n) is 2.48. The molecule has 0 fully saturated rings. The molecule has 0 spiro atoms. The molecule has 0 aliphatic rings. The van der Waals surface area contributed by atoms with Gasteiger partial charge in [0.25, 0.3) is 0 Å². The zero-order valence-corrected chi connectivity index (χ0v) is 13.2. The van der Waals surface area contributed by atoms with Crippen molar-refractivity contribution in [2.75, 3.05) is 6.61 Å². The SMILES string of the molecule is O=C(c1ccccc1)c1cccc(OCCc2cccc(O)c2)c1. The predicted octanol–water partition coefficient (Wildman–Crippen LogP) is 4.24. The molecular formula is C21H18O3. The Labute approximate surface area is 141 Å². The quantitative estimate of drug-likeness (QED) is 0.691. The Balaban J connectivity index is 1.64. The molecule has 0 unspecified atom stereocenters. The highest BCUT2D eigenvalue weighted by atomic mass is 16.5. The number of carbonyl (C=O) groups is 1. The molecule has 120 valence electrons. The van der Waals surface area contributed by atoms with Crippen LogP contribution in [0.4, 0.5) is 0 Å². The van der Waals surface area contributed by atoms with E-state index in [0.29, 0.717) is 29.9 Å². The Morgan fingerprint density at radius 3 is 2.38 bits per heavy atom. The lowest BCUT2D eigenvalue weighted by atomic mass is 10.0. The third kappa shape index (κ3) is 4.02. The number of phenolic OH excluding ortho intramolecular Hbond substituents is 1. The van der Waals surface area contributed by atoms with Gasteiger partial charge in [0.05, 0.1) is 6.61 Å². The Bertz CT molecular complexity index is 825. The molecule has 0 aliphatic heterocycles. The standard InChI is InChI=1S/C21H18O3/c22-19-10-4-6-16(14-19)12-13-24-20-11-5-9-18(15-20)21(23)17-7-2-1-3-8-17/h1-11,14-15,22H,12-13H2. The van der Waals surface area contributed by atoms with Crippen molar-refractivity contribution in [2.24, 2.45) is 0 Å². The summed E-state index contributed by atoms with van der Waals surface area (Å²) in [5.41, 5.74) is 2.27. The van der Waals surface area contributed by atoms with E-state index < -0.39 is 0 Å². The van der Waals surface area contributed by atoms with Gasteiger partial charge in [-0.25, -0.2) is 0 Å². The maximum atomic E-state index is 12.4. The first kappa shape index (κ1) is 15.8. The predicted molar refractivity (Wildman–Crippen MR) is 93.6 cm³/mol. The highest BCUT2D eigenvalue weighted by Gasteiger charge is 2.09. The maximum absolute atomic E-state index is 12.4. The van der Waals surface area contributed by atoms with E-state index in [0.717, 1.165) is 5.56 Å². The van der Waals surface area contributed by atoms with Gasteiger partial charge < -0.3 is 9.84 Å². The third-order valence-electron chi connectivity index (χ3n) is 3.70. The normalized spacial score (nSPS) is 10.3. The summed E-state index contributed by atoms with van der Waals surface area (Å²) in [6.45, 7) is 0.479. The number of ether oxygens (including phenoxy) is 1. The second-order valence-corrected chi connectivity index (χ2v) is 5.49. The molecule has 0 bridgehead atoms. The van der Waals surface area contributed by atoms with E-state index in [1.165, 1.54) is 0 Å². The lowest BCUT2D eigenvalue weighted by Gasteiger charge is -2.08. The van der Waals surface area contributed by atoms with Crippen LogP contribution >= 0.6 is 0 Å². The molecule has 0 saturated heterocycles. The van der Waals surface area contributed by atoms with Crippen LogP contribution in [-0.4, -0.2) is 17.5 Å². The molecule has 0 heterocycles. The van der Waals surface area contributed by atoms with E-state index >= 15 is 0 Å². The van der Waals surface area contributed by atoms with Crippen LogP contribution in [0.5, 0.6) is 11.5 Å². The number of benzene rings is 3. The van der Waals surface area contributed by atoms with E-state index in [1.807, 2.05) is 42.5 Å². The van der Waals surface area contributed by atoms with Crippen molar-refractivity contribution in [3.8, 4) is 11.5 Å². The number of ketones is 1. The first-order valence-electron chi connectivity index (χ1n) is 7.83. The Kier molecular flexibility index (Phi) is 4.92. The van der Waals surface area contributed by atoms with Gasteiger partial charge in [0.15, 0.2) is 5.78 Å². The van der Waals surface area contributed by atoms with Gasteiger partial charge in [-0.3, -0.25) is 4.79 Å². The highest BCUT2D eigenvalue weighted by molar-refractivity contribution is 6.09. The van der Waals surface area contributed by atoms with Crippen LogP contribution in [0.25, 0.3) is 0 Å². The first-order valence-corrected chi connectivity index (χ1v) is 7.83. The molecule has 24 heavy (non-hydrogen) atoms. The van der Waals surface area contributed by atoms with Gasteiger partial charge in [0.1, 0.15) is 11.5 Å². The van der Waals surface area contributed by atoms with E-state index in [2.05, 4.69) is 0 Å². The number of hydrogen-bond donors (Lipinski definition) is 1. The molecule has 3 aromatic rings. The first-order chi connectivity index (χ1) is 11.7. The number of hydrogen-bond acceptors (Lipinski definition) is 3. The molecular weight excluding hydrogens is 300 g/mol. The molecule has 0 atom stereocenters. The zero-order valence-electron chi connectivity index (χ0n) is 13.2. The summed E-state index contributed by atoms with van der Waals surface area (Å²) in [6.07, 6.45) is 0.686. The number of aromatic hydroxyl groups is 1. The van der Waals surface area contributed by atoms with Crippen LogP contribution < -0.4 is 4.74 Å². The highest BCUT2D eigenvalue weighted by Crippen LogP contribution is 2.18. The number of phenols is 1. The Morgan fingerprint density at radius 2 is 1.58 bits per heavy atom. The van der Waals surface area contributed by atoms with Crippen LogP contribution in [0.1, 0.15) is 21.5 Å². The van der Waals surface area contributed by atoms with Gasteiger partial charge in [0, 0.05) is 17.5 Å². The van der Waals surface area contributed by atoms with Crippen molar-refractivity contribution in [1.82, 2.24) is 0 Å². The lowest BCUT2D eigenvalue weighted by molar-refractivity contribution is 0.103. The van der Waals surface area contributed by atoms with Gasteiger partial charge in [-0.2, -0.15) is 0 Å². The number of rotatable bonds is 6. The monoisotopic (exact) mass is 318 g/mol. The summed E-state index contributed by atoms with van der Waals surface area (Å²) >= 11 is 0. The van der Waals surface area contributed by atoms with Crippen LogP contribution in [0.3, 0.4) is 0 Å². The molecule has 0 amide bonds. The molecule has 0 saturated carbocycles. The minimum absolute atomic E-state index is 0.0194. The molecule has 3 rings (SSSR count). The summed E-state index contributed by atoms with van der Waals surface area (Å²) in [5.74, 6) is 0.897. The third-order valence-corrected chi connectivity index (χ3v) is 3.70. The van der Waals surface area contributed by atoms with Crippen molar-refractivity contribution in [1.29, 1.82) is 0 Å². The van der Waals surface area contributed by atoms with E-state index in [9.17, 15) is 9.90 Å². The van der Waals surface area contributed by atoms with Crippen molar-refractivity contribution < 1.29 is 14.6 Å². The Morgan fingerprint density at radius 1 is 0.833 bits per heavy atom. The molecule has 3 heteroatoms. The molecule has 0 radical (unpaired) electrons. The average Bonchev–Trinajstić information content (AvgIpc) is 2.62. The second kappa shape index (κ2) is 7.47. The van der Waals surface area contributed by atoms with Crippen LogP contribution in [0.15, 0.2) is 78.9 Å². The Hall–Kier alpha value is -3.07. The molecule has 3 nitrogen and oxygen atoms in total. The fraction of sp³-hybridized carbons (Fsp3) is 0.0952. The maximum Gasteiger partial charge on any atom is 0.193 e. The van der Waals surface area contributed by atoms with Crippen molar-refractivity contribution >= 4 is 5.78 Å².